The van der Waals surface area contributed by atoms with Crippen molar-refractivity contribution in [3.63, 3.8) is 0 Å². The molecule has 15 nitrogen and oxygen atoms in total. The number of benzene rings is 10. The van der Waals surface area contributed by atoms with E-state index in [1.165, 1.54) is 0 Å². The van der Waals surface area contributed by atoms with Gasteiger partial charge in [-0.3, -0.25) is 0 Å². The zero-order valence-electron chi connectivity index (χ0n) is 54.5. The van der Waals surface area contributed by atoms with Crippen molar-refractivity contribution in [1.82, 2.24) is 0 Å². The first kappa shape index (κ1) is 70.1. The van der Waals surface area contributed by atoms with Gasteiger partial charge in [0.2, 0.25) is 0 Å². The highest BCUT2D eigenvalue weighted by Crippen LogP contribution is 2.80. The predicted molar refractivity (Wildman–Crippen MR) is 418 cm³/mol. The van der Waals surface area contributed by atoms with E-state index in [4.69, 9.17) is 67.8 Å². The lowest BCUT2D eigenvalue weighted by atomic mass is 10.2. The summed E-state index contributed by atoms with van der Waals surface area (Å²) in [6.07, 6.45) is 16.6. The van der Waals surface area contributed by atoms with Crippen LogP contribution in [0.25, 0.3) is 60.8 Å². The summed E-state index contributed by atoms with van der Waals surface area (Å²) in [5.41, 5.74) is 6.08. The SMILES string of the molecule is C=Cc1ccc(OP2(Oc3ccccc3C=C)=NP(Oc3ccc(C=C)cc3)(Oc3ccccc3C=C)=NP(Oc3ccc(C=C)cc3)(Oc3ccccc3C=C)=NP(Oc3ccc(C=C)cc3)(Oc3ccccc3C=C)=NP(Oc3ccc(C=C)cc3)(Oc3ccccc3C=C)=N2)cc1. The summed E-state index contributed by atoms with van der Waals surface area (Å²) < 4.78 is 107. The van der Waals surface area contributed by atoms with E-state index in [9.17, 15) is 0 Å². The van der Waals surface area contributed by atoms with Crippen LogP contribution in [0, 0.1) is 0 Å². The minimum Gasteiger partial charge on any atom is -0.413 e. The summed E-state index contributed by atoms with van der Waals surface area (Å²) in [7, 11) is -25.8. The minimum absolute atomic E-state index is 0.147. The third kappa shape index (κ3) is 17.0. The molecule has 0 saturated heterocycles. The maximum absolute atomic E-state index is 7.74. The second-order valence-electron chi connectivity index (χ2n) is 21.4. The number of hydrogen-bond acceptors (Lipinski definition) is 15. The van der Waals surface area contributed by atoms with Crippen LogP contribution < -0.4 is 45.2 Å². The van der Waals surface area contributed by atoms with E-state index in [0.29, 0.717) is 27.8 Å². The van der Waals surface area contributed by atoms with Crippen molar-refractivity contribution in [2.45, 2.75) is 0 Å². The highest BCUT2D eigenvalue weighted by Gasteiger charge is 2.51. The van der Waals surface area contributed by atoms with Crippen LogP contribution in [0.3, 0.4) is 0 Å². The molecule has 11 rings (SSSR count). The molecule has 0 fully saturated rings. The lowest BCUT2D eigenvalue weighted by Gasteiger charge is -2.33. The van der Waals surface area contributed by atoms with Gasteiger partial charge >= 0.3 is 38.3 Å². The van der Waals surface area contributed by atoms with Crippen molar-refractivity contribution in [3.8, 4) is 57.5 Å². The summed E-state index contributed by atoms with van der Waals surface area (Å²) in [5.74, 6) is 1.48. The Hall–Kier alpha value is -11.3. The Morgan fingerprint density at radius 3 is 0.470 bits per heavy atom. The van der Waals surface area contributed by atoms with Crippen LogP contribution in [0.15, 0.2) is 331 Å². The molecule has 0 bridgehead atoms. The van der Waals surface area contributed by atoms with Crippen LogP contribution in [0.5, 0.6) is 57.5 Å². The Kier molecular flexibility index (Phi) is 22.4. The fourth-order valence-electron chi connectivity index (χ4n) is 9.57. The molecule has 0 atom stereocenters. The van der Waals surface area contributed by atoms with E-state index in [1.54, 1.807) is 273 Å². The fraction of sp³-hybridized carbons (Fsp3) is 0. The van der Waals surface area contributed by atoms with Gasteiger partial charge in [-0.05, 0) is 119 Å². The molecular formula is C80H70N5O10P5. The predicted octanol–water partition coefficient (Wildman–Crippen LogP) is 27.0. The molecule has 0 aliphatic carbocycles. The van der Waals surface area contributed by atoms with E-state index in [0.717, 1.165) is 27.8 Å². The lowest BCUT2D eigenvalue weighted by Crippen LogP contribution is -2.12. The van der Waals surface area contributed by atoms with Gasteiger partial charge in [0, 0.05) is 27.8 Å². The Morgan fingerprint density at radius 1 is 0.180 bits per heavy atom. The molecule has 0 spiro atoms. The van der Waals surface area contributed by atoms with Crippen LogP contribution >= 0.6 is 38.3 Å². The van der Waals surface area contributed by atoms with Gasteiger partial charge in [0.25, 0.3) is 0 Å². The molecule has 500 valence electrons. The Labute approximate surface area is 585 Å². The zero-order chi connectivity index (χ0) is 70.0. The van der Waals surface area contributed by atoms with Crippen molar-refractivity contribution >= 4 is 99.1 Å². The maximum Gasteiger partial charge on any atom is 0.460 e. The van der Waals surface area contributed by atoms with Crippen molar-refractivity contribution in [1.29, 1.82) is 0 Å². The molecule has 0 unspecified atom stereocenters. The molecule has 10 aromatic carbocycles. The van der Waals surface area contributed by atoms with Crippen molar-refractivity contribution in [2.24, 2.45) is 22.6 Å². The molecule has 10 aromatic rings. The smallest absolute Gasteiger partial charge is 0.413 e. The molecule has 1 heterocycles. The van der Waals surface area contributed by atoms with Crippen LogP contribution in [0.4, 0.5) is 0 Å². The second kappa shape index (κ2) is 32.0. The Bertz CT molecular complexity index is 4310. The summed E-state index contributed by atoms with van der Waals surface area (Å²) in [6.45, 7) is 41.5. The van der Waals surface area contributed by atoms with Gasteiger partial charge < -0.3 is 45.2 Å². The average Bonchev–Trinajstić information content (AvgIpc) is 0.728. The molecular weight excluding hydrogens is 1350 g/mol. The highest BCUT2D eigenvalue weighted by molar-refractivity contribution is 7.79. The van der Waals surface area contributed by atoms with Crippen molar-refractivity contribution in [3.05, 3.63) is 364 Å². The van der Waals surface area contributed by atoms with E-state index in [2.05, 4.69) is 65.8 Å². The quantitative estimate of drug-likeness (QED) is 0.0397. The van der Waals surface area contributed by atoms with Crippen LogP contribution in [0.2, 0.25) is 0 Å². The van der Waals surface area contributed by atoms with E-state index in [1.807, 2.05) is 30.3 Å². The maximum atomic E-state index is 7.74. The lowest BCUT2D eigenvalue weighted by molar-refractivity contribution is 0.444. The summed E-state index contributed by atoms with van der Waals surface area (Å²) in [6, 6.07) is 70.8. The molecule has 0 radical (unpaired) electrons. The molecule has 1 aliphatic heterocycles. The van der Waals surface area contributed by atoms with E-state index in [-0.39, 0.29) is 57.5 Å². The molecule has 0 saturated carbocycles. The summed E-state index contributed by atoms with van der Waals surface area (Å²) in [4.78, 5) is 0. The first-order valence-corrected chi connectivity index (χ1v) is 38.7. The molecule has 20 heteroatoms. The zero-order valence-corrected chi connectivity index (χ0v) is 59.0. The third-order valence-electron chi connectivity index (χ3n) is 14.6. The number of nitrogens with zero attached hydrogens (tertiary/aromatic N) is 5. The Morgan fingerprint density at radius 2 is 0.330 bits per heavy atom. The normalized spacial score (nSPS) is 19.0. The van der Waals surface area contributed by atoms with Gasteiger partial charge in [-0.2, -0.15) is 0 Å². The third-order valence-corrected chi connectivity index (χ3v) is 28.1. The molecule has 0 aromatic heterocycles. The monoisotopic (exact) mass is 1420 g/mol. The van der Waals surface area contributed by atoms with Gasteiger partial charge in [0.15, 0.2) is 0 Å². The van der Waals surface area contributed by atoms with E-state index >= 15 is 0 Å². The highest BCUT2D eigenvalue weighted by atomic mass is 31.3. The molecule has 0 N–H and O–H groups in total. The summed E-state index contributed by atoms with van der Waals surface area (Å²) >= 11 is 0. The van der Waals surface area contributed by atoms with Gasteiger partial charge in [-0.25, -0.2) is 0 Å². The van der Waals surface area contributed by atoms with Gasteiger partial charge in [-0.1, -0.05) is 301 Å². The van der Waals surface area contributed by atoms with Crippen LogP contribution in [-0.2, 0) is 0 Å². The minimum atomic E-state index is -5.16. The van der Waals surface area contributed by atoms with Crippen LogP contribution in [-0.4, -0.2) is 0 Å². The first-order chi connectivity index (χ1) is 48.7. The molecule has 100 heavy (non-hydrogen) atoms. The molecule has 1 aliphatic rings. The fourth-order valence-corrected chi connectivity index (χ4v) is 24.8. The number of rotatable bonds is 30. The van der Waals surface area contributed by atoms with E-state index < -0.39 is 38.3 Å². The van der Waals surface area contributed by atoms with Gasteiger partial charge in [-0.15, -0.1) is 0 Å². The molecule has 0 amide bonds. The second-order valence-corrected chi connectivity index (χ2v) is 31.7. The van der Waals surface area contributed by atoms with Crippen molar-refractivity contribution in [2.75, 3.05) is 0 Å². The average molecular weight is 1420 g/mol. The summed E-state index contributed by atoms with van der Waals surface area (Å²) in [5, 5.41) is 0. The largest absolute Gasteiger partial charge is 0.460 e. The number of hydrogen-bond donors (Lipinski definition) is 0. The number of para-hydroxylation sites is 5. The first-order valence-electron chi connectivity index (χ1n) is 31.1. The van der Waals surface area contributed by atoms with Crippen molar-refractivity contribution < 1.29 is 45.2 Å². The van der Waals surface area contributed by atoms with Gasteiger partial charge in [0.1, 0.15) is 57.5 Å². The Balaban J connectivity index is 1.53. The van der Waals surface area contributed by atoms with Crippen LogP contribution in [0.1, 0.15) is 55.6 Å². The standard InChI is InChI=1S/C80H70N5O10P5/c1-11-61-41-51-71(52-42-61)86-96(91-76-36-26-21-31-66(76)16-6)81-97(87-72-53-43-62(12-2)44-54-72,92-77-37-27-22-32-67(77)17-7)83-99(89-74-57-47-64(14-4)48-58-74,94-79-39-29-24-34-69(79)19-9)85-100(90-75-59-49-65(15-5)50-60-75,95-80-40-30-25-35-70(80)20-10)84-98(82-96,88-73-55-45-63(13-3)46-56-73)93-78-38-28-23-33-68(78)18-8/h11-60H,1-10H2. The van der Waals surface area contributed by atoms with Gasteiger partial charge in [0.05, 0.1) is 0 Å². The topological polar surface area (TPSA) is 154 Å².